The van der Waals surface area contributed by atoms with Gasteiger partial charge in [0, 0.05) is 33.3 Å². The zero-order valence-corrected chi connectivity index (χ0v) is 15.2. The highest BCUT2D eigenvalue weighted by molar-refractivity contribution is 5.79. The van der Waals surface area contributed by atoms with Crippen molar-refractivity contribution < 1.29 is 5.11 Å². The lowest BCUT2D eigenvalue weighted by atomic mass is 10.0. The van der Waals surface area contributed by atoms with Crippen LogP contribution in [0.2, 0.25) is 0 Å². The van der Waals surface area contributed by atoms with Gasteiger partial charge in [0.15, 0.2) is 5.96 Å². The van der Waals surface area contributed by atoms with Crippen molar-refractivity contribution in [3.63, 3.8) is 0 Å². The van der Waals surface area contributed by atoms with E-state index in [1.165, 1.54) is 11.1 Å². The number of aliphatic imine (C=N–C) groups is 1. The summed E-state index contributed by atoms with van der Waals surface area (Å²) in [6, 6.07) is 8.62. The van der Waals surface area contributed by atoms with Gasteiger partial charge < -0.3 is 15.3 Å². The van der Waals surface area contributed by atoms with Crippen LogP contribution < -0.4 is 5.32 Å². The van der Waals surface area contributed by atoms with Gasteiger partial charge in [-0.25, -0.2) is 0 Å². The second kappa shape index (κ2) is 11.1. The van der Waals surface area contributed by atoms with Crippen molar-refractivity contribution in [2.24, 2.45) is 10.9 Å². The summed E-state index contributed by atoms with van der Waals surface area (Å²) in [5.41, 5.74) is 2.56. The van der Waals surface area contributed by atoms with Crippen molar-refractivity contribution in [2.45, 2.75) is 46.6 Å². The van der Waals surface area contributed by atoms with Crippen molar-refractivity contribution >= 4 is 5.96 Å². The molecule has 0 aliphatic carbocycles. The molecular weight excluding hydrogens is 286 g/mol. The average molecular weight is 319 g/mol. The third-order valence-electron chi connectivity index (χ3n) is 3.97. The zero-order valence-electron chi connectivity index (χ0n) is 15.2. The summed E-state index contributed by atoms with van der Waals surface area (Å²) in [4.78, 5) is 6.95. The standard InChI is InChI=1S/C19H33N3O/c1-5-7-17(12-13-23)14-21-19(20-6-2)22(4)15-18-10-8-16(3)9-11-18/h8-11,17,23H,5-7,12-15H2,1-4H3,(H,20,21). The molecule has 1 unspecified atom stereocenters. The molecule has 1 atom stereocenters. The van der Waals surface area contributed by atoms with E-state index in [4.69, 9.17) is 4.99 Å². The van der Waals surface area contributed by atoms with E-state index >= 15 is 0 Å². The highest BCUT2D eigenvalue weighted by Crippen LogP contribution is 2.12. The molecule has 0 amide bonds. The molecule has 1 rings (SSSR count). The van der Waals surface area contributed by atoms with Gasteiger partial charge in [-0.1, -0.05) is 43.2 Å². The molecule has 1 aromatic rings. The monoisotopic (exact) mass is 319 g/mol. The van der Waals surface area contributed by atoms with Gasteiger partial charge in [-0.05, 0) is 38.2 Å². The Morgan fingerprint density at radius 1 is 1.22 bits per heavy atom. The van der Waals surface area contributed by atoms with Crippen LogP contribution in [0.15, 0.2) is 29.3 Å². The summed E-state index contributed by atoms with van der Waals surface area (Å²) in [6.45, 7) is 9.09. The van der Waals surface area contributed by atoms with E-state index in [2.05, 4.69) is 62.3 Å². The van der Waals surface area contributed by atoms with Gasteiger partial charge in [0.05, 0.1) is 0 Å². The fraction of sp³-hybridized carbons (Fsp3) is 0.632. The van der Waals surface area contributed by atoms with E-state index in [9.17, 15) is 5.11 Å². The van der Waals surface area contributed by atoms with Crippen LogP contribution in [0.1, 0.15) is 44.2 Å². The van der Waals surface area contributed by atoms with E-state index in [1.807, 2.05) is 0 Å². The first-order chi connectivity index (χ1) is 11.1. The second-order valence-corrected chi connectivity index (χ2v) is 6.20. The van der Waals surface area contributed by atoms with E-state index in [0.717, 1.165) is 44.9 Å². The quantitative estimate of drug-likeness (QED) is 0.543. The molecule has 0 radical (unpaired) electrons. The Hall–Kier alpha value is -1.55. The lowest BCUT2D eigenvalue weighted by Crippen LogP contribution is -2.38. The number of nitrogens with zero attached hydrogens (tertiary/aromatic N) is 2. The first kappa shape index (κ1) is 19.5. The largest absolute Gasteiger partial charge is 0.396 e. The number of benzene rings is 1. The number of aliphatic hydroxyl groups is 1. The van der Waals surface area contributed by atoms with Gasteiger partial charge in [-0.2, -0.15) is 0 Å². The predicted octanol–water partition coefficient (Wildman–Crippen LogP) is 3.19. The number of nitrogens with one attached hydrogen (secondary N) is 1. The molecule has 1 aromatic carbocycles. The molecule has 4 nitrogen and oxygen atoms in total. The molecule has 0 heterocycles. The molecule has 0 bridgehead atoms. The van der Waals surface area contributed by atoms with Crippen LogP contribution in [0.25, 0.3) is 0 Å². The summed E-state index contributed by atoms with van der Waals surface area (Å²) in [5.74, 6) is 1.40. The highest BCUT2D eigenvalue weighted by atomic mass is 16.3. The predicted molar refractivity (Wildman–Crippen MR) is 98.7 cm³/mol. The molecular formula is C19H33N3O. The molecule has 0 spiro atoms. The number of rotatable bonds is 9. The van der Waals surface area contributed by atoms with Gasteiger partial charge in [0.2, 0.25) is 0 Å². The topological polar surface area (TPSA) is 47.9 Å². The van der Waals surface area contributed by atoms with Crippen LogP contribution in [0.5, 0.6) is 0 Å². The third kappa shape index (κ3) is 7.51. The molecule has 23 heavy (non-hydrogen) atoms. The van der Waals surface area contributed by atoms with Crippen LogP contribution in [-0.2, 0) is 6.54 Å². The van der Waals surface area contributed by atoms with E-state index in [-0.39, 0.29) is 6.61 Å². The average Bonchev–Trinajstić information content (AvgIpc) is 2.53. The summed E-state index contributed by atoms with van der Waals surface area (Å²) in [5, 5.41) is 12.6. The Labute approximate surface area is 141 Å². The van der Waals surface area contributed by atoms with Crippen molar-refractivity contribution in [1.82, 2.24) is 10.2 Å². The third-order valence-corrected chi connectivity index (χ3v) is 3.97. The fourth-order valence-corrected chi connectivity index (χ4v) is 2.65. The molecule has 0 aliphatic heterocycles. The van der Waals surface area contributed by atoms with Gasteiger partial charge in [0.1, 0.15) is 0 Å². The molecule has 4 heteroatoms. The van der Waals surface area contributed by atoms with Gasteiger partial charge in [0.25, 0.3) is 0 Å². The Morgan fingerprint density at radius 3 is 2.48 bits per heavy atom. The molecule has 0 saturated heterocycles. The van der Waals surface area contributed by atoms with E-state index in [1.54, 1.807) is 0 Å². The van der Waals surface area contributed by atoms with Crippen LogP contribution in [0, 0.1) is 12.8 Å². The van der Waals surface area contributed by atoms with Crippen molar-refractivity contribution in [3.8, 4) is 0 Å². The number of hydrogen-bond donors (Lipinski definition) is 2. The maximum absolute atomic E-state index is 9.18. The van der Waals surface area contributed by atoms with Crippen LogP contribution in [0.4, 0.5) is 0 Å². The van der Waals surface area contributed by atoms with E-state index < -0.39 is 0 Å². The summed E-state index contributed by atoms with van der Waals surface area (Å²) in [7, 11) is 2.07. The van der Waals surface area contributed by atoms with Crippen LogP contribution >= 0.6 is 0 Å². The Morgan fingerprint density at radius 2 is 1.91 bits per heavy atom. The van der Waals surface area contributed by atoms with Crippen molar-refractivity contribution in [1.29, 1.82) is 0 Å². The second-order valence-electron chi connectivity index (χ2n) is 6.20. The first-order valence-electron chi connectivity index (χ1n) is 8.76. The van der Waals surface area contributed by atoms with E-state index in [0.29, 0.717) is 5.92 Å². The van der Waals surface area contributed by atoms with Gasteiger partial charge in [-0.15, -0.1) is 0 Å². The minimum atomic E-state index is 0.246. The Kier molecular flexibility index (Phi) is 9.37. The van der Waals surface area contributed by atoms with Crippen LogP contribution in [0.3, 0.4) is 0 Å². The first-order valence-corrected chi connectivity index (χ1v) is 8.76. The van der Waals surface area contributed by atoms with Crippen molar-refractivity contribution in [2.75, 3.05) is 26.7 Å². The molecule has 2 N–H and O–H groups in total. The minimum Gasteiger partial charge on any atom is -0.396 e. The lowest BCUT2D eigenvalue weighted by Gasteiger charge is -2.23. The van der Waals surface area contributed by atoms with Gasteiger partial charge >= 0.3 is 0 Å². The Balaban J connectivity index is 2.70. The molecule has 0 fully saturated rings. The summed E-state index contributed by atoms with van der Waals surface area (Å²) < 4.78 is 0. The SMILES string of the molecule is CCCC(CCO)CN=C(NCC)N(C)Cc1ccc(C)cc1. The molecule has 130 valence electrons. The van der Waals surface area contributed by atoms with Crippen molar-refractivity contribution in [3.05, 3.63) is 35.4 Å². The normalized spacial score (nSPS) is 13.0. The Bertz CT molecular complexity index is 450. The number of hydrogen-bond acceptors (Lipinski definition) is 2. The summed E-state index contributed by atoms with van der Waals surface area (Å²) >= 11 is 0. The molecule has 0 aliphatic rings. The maximum atomic E-state index is 9.18. The molecule has 0 aromatic heterocycles. The number of guanidine groups is 1. The lowest BCUT2D eigenvalue weighted by molar-refractivity contribution is 0.253. The maximum Gasteiger partial charge on any atom is 0.193 e. The zero-order chi connectivity index (χ0) is 17.1. The number of aryl methyl sites for hydroxylation is 1. The number of aliphatic hydroxyl groups excluding tert-OH is 1. The van der Waals surface area contributed by atoms with Gasteiger partial charge in [-0.3, -0.25) is 4.99 Å². The highest BCUT2D eigenvalue weighted by Gasteiger charge is 2.10. The molecule has 0 saturated carbocycles. The summed E-state index contributed by atoms with van der Waals surface area (Å²) in [6.07, 6.45) is 3.08. The fourth-order valence-electron chi connectivity index (χ4n) is 2.65. The van der Waals surface area contributed by atoms with Crippen LogP contribution in [-0.4, -0.2) is 42.7 Å². The minimum absolute atomic E-state index is 0.246. The smallest absolute Gasteiger partial charge is 0.193 e.